The summed E-state index contributed by atoms with van der Waals surface area (Å²) in [6, 6.07) is 55.5. The van der Waals surface area contributed by atoms with Gasteiger partial charge >= 0.3 is 0 Å². The molecule has 0 amide bonds. The Morgan fingerprint density at radius 2 is 0.627 bits per heavy atom. The van der Waals surface area contributed by atoms with Gasteiger partial charge < -0.3 is 4.42 Å². The van der Waals surface area contributed by atoms with Gasteiger partial charge in [0, 0.05) is 10.8 Å². The van der Waals surface area contributed by atoms with E-state index in [2.05, 4.69) is 72.8 Å². The Kier molecular flexibility index (Phi) is 6.62. The van der Waals surface area contributed by atoms with Crippen LogP contribution in [0.1, 0.15) is 0 Å². The number of fused-ring (bicyclic) bond motifs is 9. The number of halogens is 2. The van der Waals surface area contributed by atoms with Crippen molar-refractivity contribution in [3.05, 3.63) is 181 Å². The molecular weight excluding hydrogens is 631 g/mol. The van der Waals surface area contributed by atoms with Gasteiger partial charge in [-0.3, -0.25) is 0 Å². The van der Waals surface area contributed by atoms with Crippen LogP contribution in [0.3, 0.4) is 0 Å². The average molecular weight is 659 g/mol. The molecule has 0 unspecified atom stereocenters. The van der Waals surface area contributed by atoms with Crippen molar-refractivity contribution in [2.45, 2.75) is 0 Å². The smallest absolute Gasteiger partial charge is 0.135 e. The van der Waals surface area contributed by atoms with Gasteiger partial charge in [-0.1, -0.05) is 109 Å². The van der Waals surface area contributed by atoms with Crippen LogP contribution in [0.25, 0.3) is 98.8 Å². The molecule has 9 aromatic carbocycles. The highest BCUT2D eigenvalue weighted by Gasteiger charge is 2.13. The topological polar surface area (TPSA) is 13.1 Å². The van der Waals surface area contributed by atoms with E-state index in [1.165, 1.54) is 26.9 Å². The Bertz CT molecular complexity index is 2950. The van der Waals surface area contributed by atoms with Gasteiger partial charge in [-0.15, -0.1) is 0 Å². The van der Waals surface area contributed by atoms with Crippen LogP contribution in [0, 0.1) is 11.6 Å². The molecule has 0 N–H and O–H groups in total. The number of para-hydroxylation sites is 1. The van der Waals surface area contributed by atoms with Crippen molar-refractivity contribution in [2.75, 3.05) is 0 Å². The molecule has 0 bridgehead atoms. The zero-order valence-corrected chi connectivity index (χ0v) is 27.3. The maximum absolute atomic E-state index is 15.3. The molecule has 1 heterocycles. The van der Waals surface area contributed by atoms with Crippen molar-refractivity contribution < 1.29 is 13.2 Å². The summed E-state index contributed by atoms with van der Waals surface area (Å²) in [6.45, 7) is 0. The van der Waals surface area contributed by atoms with Gasteiger partial charge in [0.15, 0.2) is 0 Å². The largest absolute Gasteiger partial charge is 0.456 e. The first kappa shape index (κ1) is 29.3. The highest BCUT2D eigenvalue weighted by molar-refractivity contribution is 6.25. The van der Waals surface area contributed by atoms with E-state index in [-0.39, 0.29) is 11.6 Å². The molecule has 0 spiro atoms. The molecule has 0 fully saturated rings. The molecule has 0 radical (unpaired) electrons. The molecule has 240 valence electrons. The summed E-state index contributed by atoms with van der Waals surface area (Å²) in [5.41, 5.74) is 8.39. The van der Waals surface area contributed by atoms with E-state index in [0.717, 1.165) is 71.8 Å². The zero-order valence-electron chi connectivity index (χ0n) is 27.3. The van der Waals surface area contributed by atoms with Crippen molar-refractivity contribution in [3.8, 4) is 44.5 Å². The predicted molar refractivity (Wildman–Crippen MR) is 208 cm³/mol. The molecule has 0 saturated heterocycles. The molecule has 0 saturated carbocycles. The van der Waals surface area contributed by atoms with E-state index < -0.39 is 0 Å². The summed E-state index contributed by atoms with van der Waals surface area (Å²) in [5.74, 6) is -0.609. The lowest BCUT2D eigenvalue weighted by atomic mass is 9.91. The lowest BCUT2D eigenvalue weighted by Crippen LogP contribution is -1.88. The second-order valence-corrected chi connectivity index (χ2v) is 13.2. The lowest BCUT2D eigenvalue weighted by molar-refractivity contribution is 0.628. The number of rotatable bonds is 4. The summed E-state index contributed by atoms with van der Waals surface area (Å²) >= 11 is 0. The van der Waals surface area contributed by atoms with Crippen LogP contribution in [0.2, 0.25) is 0 Å². The second kappa shape index (κ2) is 11.5. The number of hydrogen-bond donors (Lipinski definition) is 0. The molecule has 1 nitrogen and oxygen atoms in total. The van der Waals surface area contributed by atoms with Gasteiger partial charge in [0.1, 0.15) is 22.8 Å². The van der Waals surface area contributed by atoms with E-state index in [1.807, 2.05) is 72.8 Å². The van der Waals surface area contributed by atoms with Gasteiger partial charge in [-0.05, 0) is 137 Å². The van der Waals surface area contributed by atoms with Gasteiger partial charge in [-0.2, -0.15) is 0 Å². The number of benzene rings is 9. The first-order valence-corrected chi connectivity index (χ1v) is 17.0. The Balaban J connectivity index is 1.01. The first-order chi connectivity index (χ1) is 25.1. The Morgan fingerprint density at radius 1 is 0.255 bits per heavy atom. The van der Waals surface area contributed by atoms with Crippen LogP contribution in [0.5, 0.6) is 0 Å². The van der Waals surface area contributed by atoms with Crippen LogP contribution in [-0.4, -0.2) is 0 Å². The highest BCUT2D eigenvalue weighted by Crippen LogP contribution is 2.39. The molecule has 51 heavy (non-hydrogen) atoms. The molecule has 0 aliphatic rings. The minimum Gasteiger partial charge on any atom is -0.456 e. The predicted octanol–water partition coefficient (Wildman–Crippen LogP) is 14.0. The zero-order chi connectivity index (χ0) is 34.1. The molecule has 10 aromatic rings. The summed E-state index contributed by atoms with van der Waals surface area (Å²) in [6.07, 6.45) is 0. The third kappa shape index (κ3) is 4.97. The third-order valence-electron chi connectivity index (χ3n) is 10.1. The molecule has 10 rings (SSSR count). The third-order valence-corrected chi connectivity index (χ3v) is 10.1. The van der Waals surface area contributed by atoms with E-state index in [9.17, 15) is 0 Å². The maximum Gasteiger partial charge on any atom is 0.135 e. The van der Waals surface area contributed by atoms with E-state index in [4.69, 9.17) is 4.42 Å². The van der Waals surface area contributed by atoms with Crippen molar-refractivity contribution in [2.24, 2.45) is 0 Å². The average Bonchev–Trinajstić information content (AvgIpc) is 3.55. The van der Waals surface area contributed by atoms with Crippen molar-refractivity contribution >= 4 is 54.3 Å². The molecular formula is C48H28F2O. The lowest BCUT2D eigenvalue weighted by Gasteiger charge is -2.13. The van der Waals surface area contributed by atoms with E-state index in [1.54, 1.807) is 24.3 Å². The normalized spacial score (nSPS) is 11.7. The number of furan rings is 1. The SMILES string of the molecule is Fc1cc(-c2ccc(-c3cc(F)cc(-c4ccc5c6ccccc6c6ccccc6c5c4)c3)cc2)cc(-c2ccc3oc4ccccc4c3c2)c1. The minimum absolute atomic E-state index is 0.299. The van der Waals surface area contributed by atoms with Crippen LogP contribution in [-0.2, 0) is 0 Å². The Morgan fingerprint density at radius 3 is 1.18 bits per heavy atom. The quantitative estimate of drug-likeness (QED) is 0.172. The van der Waals surface area contributed by atoms with Crippen LogP contribution < -0.4 is 0 Å². The van der Waals surface area contributed by atoms with Crippen LogP contribution in [0.15, 0.2) is 174 Å². The fourth-order valence-corrected chi connectivity index (χ4v) is 7.69. The number of hydrogen-bond acceptors (Lipinski definition) is 1. The van der Waals surface area contributed by atoms with Crippen molar-refractivity contribution in [3.63, 3.8) is 0 Å². The maximum atomic E-state index is 15.3. The highest BCUT2D eigenvalue weighted by atomic mass is 19.1. The van der Waals surface area contributed by atoms with Gasteiger partial charge in [0.25, 0.3) is 0 Å². The first-order valence-electron chi connectivity index (χ1n) is 17.0. The van der Waals surface area contributed by atoms with Crippen molar-refractivity contribution in [1.82, 2.24) is 0 Å². The molecule has 0 aliphatic heterocycles. The van der Waals surface area contributed by atoms with Gasteiger partial charge in [0.2, 0.25) is 0 Å². The second-order valence-electron chi connectivity index (χ2n) is 13.2. The molecule has 0 atom stereocenters. The summed E-state index contributed by atoms with van der Waals surface area (Å²) in [7, 11) is 0. The van der Waals surface area contributed by atoms with E-state index in [0.29, 0.717) is 0 Å². The Hall–Kier alpha value is -6.58. The fourth-order valence-electron chi connectivity index (χ4n) is 7.69. The van der Waals surface area contributed by atoms with Gasteiger partial charge in [-0.25, -0.2) is 8.78 Å². The van der Waals surface area contributed by atoms with Crippen molar-refractivity contribution in [1.29, 1.82) is 0 Å². The van der Waals surface area contributed by atoms with Gasteiger partial charge in [0.05, 0.1) is 0 Å². The van der Waals surface area contributed by atoms with E-state index >= 15 is 8.78 Å². The summed E-state index contributed by atoms with van der Waals surface area (Å²) in [4.78, 5) is 0. The molecule has 1 aromatic heterocycles. The molecule has 0 aliphatic carbocycles. The monoisotopic (exact) mass is 658 g/mol. The summed E-state index contributed by atoms with van der Waals surface area (Å²) < 4.78 is 36.4. The fraction of sp³-hybridized carbons (Fsp3) is 0. The van der Waals surface area contributed by atoms with Crippen LogP contribution >= 0.6 is 0 Å². The van der Waals surface area contributed by atoms with Crippen LogP contribution in [0.4, 0.5) is 8.78 Å². The Labute approximate surface area is 292 Å². The standard InChI is InChI=1S/C48H28F2O/c49-37-23-33(21-35(25-37)31-17-19-43-41-9-2-1-7-39(41)40-8-3-4-10-42(40)45(43)27-31)29-13-15-30(16-14-29)34-22-36(26-38(50)24-34)32-18-20-48-46(28-32)44-11-5-6-12-47(44)51-48/h1-28H. The minimum atomic E-state index is -0.311. The molecule has 3 heteroatoms. The summed E-state index contributed by atoms with van der Waals surface area (Å²) in [5, 5.41) is 9.16.